The second-order valence-electron chi connectivity index (χ2n) is 8.43. The maximum absolute atomic E-state index is 13.8. The number of hydrogen-bond donors (Lipinski definition) is 0. The molecule has 35 heavy (non-hydrogen) atoms. The number of aromatic nitrogens is 2. The zero-order valence-corrected chi connectivity index (χ0v) is 22.1. The summed E-state index contributed by atoms with van der Waals surface area (Å²) >= 11 is 8.49. The second-order valence-corrected chi connectivity index (χ2v) is 13.3. The number of piperidine rings is 1. The molecule has 1 fully saturated rings. The third-order valence-corrected chi connectivity index (χ3v) is 10.8. The summed E-state index contributed by atoms with van der Waals surface area (Å²) in [5, 5.41) is 0.652. The van der Waals surface area contributed by atoms with Crippen molar-refractivity contribution in [2.75, 3.05) is 18.0 Å². The Labute approximate surface area is 217 Å². The standard InChI is InChI=1S/C24H23ClN4O3S3/c1-16-3-2-4-19-22(16)27-24(33-19)29(15-17-7-11-26-12-8-17)23(30)18-9-13-28(14-10-18)35(31,32)21-6-5-20(25)34-21/h2-8,11-12,18H,9-10,13-15H2,1H3. The molecular formula is C24H23ClN4O3S3. The largest absolute Gasteiger partial charge is 0.283 e. The first-order chi connectivity index (χ1) is 16.8. The Balaban J connectivity index is 1.38. The number of anilines is 1. The van der Waals surface area contributed by atoms with Crippen molar-refractivity contribution in [3.63, 3.8) is 0 Å². The number of thiophene rings is 1. The second kappa shape index (κ2) is 9.94. The summed E-state index contributed by atoms with van der Waals surface area (Å²) in [5.41, 5.74) is 2.92. The number of halogens is 1. The minimum Gasteiger partial charge on any atom is -0.283 e. The number of rotatable bonds is 6. The normalized spacial score (nSPS) is 15.5. The van der Waals surface area contributed by atoms with Gasteiger partial charge in [0.25, 0.3) is 10.0 Å². The van der Waals surface area contributed by atoms with Gasteiger partial charge in [0.15, 0.2) is 5.13 Å². The van der Waals surface area contributed by atoms with Crippen LogP contribution in [0.2, 0.25) is 4.34 Å². The quantitative estimate of drug-likeness (QED) is 0.325. The van der Waals surface area contributed by atoms with Crippen molar-refractivity contribution in [3.05, 3.63) is 70.3 Å². The molecule has 0 bridgehead atoms. The van der Waals surface area contributed by atoms with Crippen LogP contribution in [0.4, 0.5) is 5.13 Å². The molecule has 1 aromatic carbocycles. The van der Waals surface area contributed by atoms with Crippen molar-refractivity contribution in [1.82, 2.24) is 14.3 Å². The minimum absolute atomic E-state index is 0.0327. The van der Waals surface area contributed by atoms with E-state index in [1.807, 2.05) is 37.3 Å². The fraction of sp³-hybridized carbons (Fsp3) is 0.292. The molecule has 1 aliphatic rings. The predicted molar refractivity (Wildman–Crippen MR) is 141 cm³/mol. The van der Waals surface area contributed by atoms with Gasteiger partial charge in [0.2, 0.25) is 5.91 Å². The molecule has 1 saturated heterocycles. The number of fused-ring (bicyclic) bond motifs is 1. The van der Waals surface area contributed by atoms with Crippen LogP contribution in [-0.2, 0) is 21.4 Å². The molecule has 1 aliphatic heterocycles. The summed E-state index contributed by atoms with van der Waals surface area (Å²) in [4.78, 5) is 24.4. The summed E-state index contributed by atoms with van der Waals surface area (Å²) in [5.74, 6) is -0.321. The lowest BCUT2D eigenvalue weighted by atomic mass is 9.96. The lowest BCUT2D eigenvalue weighted by Crippen LogP contribution is -2.44. The average Bonchev–Trinajstić information content (AvgIpc) is 3.50. The van der Waals surface area contributed by atoms with E-state index in [-0.39, 0.29) is 29.1 Å². The third-order valence-electron chi connectivity index (χ3n) is 6.14. The van der Waals surface area contributed by atoms with Crippen LogP contribution >= 0.6 is 34.3 Å². The smallest absolute Gasteiger partial charge is 0.252 e. The number of carbonyl (C=O) groups is 1. The zero-order chi connectivity index (χ0) is 24.6. The molecule has 0 unspecified atom stereocenters. The first kappa shape index (κ1) is 24.3. The predicted octanol–water partition coefficient (Wildman–Crippen LogP) is 5.35. The van der Waals surface area contributed by atoms with E-state index < -0.39 is 10.0 Å². The van der Waals surface area contributed by atoms with Crippen molar-refractivity contribution in [1.29, 1.82) is 0 Å². The SMILES string of the molecule is Cc1cccc2sc(N(Cc3ccncc3)C(=O)C3CCN(S(=O)(=O)c4ccc(Cl)s4)CC3)nc12. The van der Waals surface area contributed by atoms with Gasteiger partial charge in [-0.2, -0.15) is 4.31 Å². The summed E-state index contributed by atoms with van der Waals surface area (Å²) in [6, 6.07) is 12.9. The van der Waals surface area contributed by atoms with Crippen molar-refractivity contribution < 1.29 is 13.2 Å². The number of aryl methyl sites for hydroxylation is 1. The van der Waals surface area contributed by atoms with Crippen LogP contribution in [0.25, 0.3) is 10.2 Å². The highest BCUT2D eigenvalue weighted by molar-refractivity contribution is 7.91. The van der Waals surface area contributed by atoms with Crippen LogP contribution in [-0.4, -0.2) is 41.7 Å². The molecule has 0 saturated carbocycles. The van der Waals surface area contributed by atoms with Crippen molar-refractivity contribution in [2.45, 2.75) is 30.5 Å². The van der Waals surface area contributed by atoms with Crippen LogP contribution in [0, 0.1) is 12.8 Å². The number of carbonyl (C=O) groups excluding carboxylic acids is 1. The van der Waals surface area contributed by atoms with Gasteiger partial charge in [-0.25, -0.2) is 13.4 Å². The van der Waals surface area contributed by atoms with E-state index >= 15 is 0 Å². The molecule has 0 aliphatic carbocycles. The van der Waals surface area contributed by atoms with Crippen molar-refractivity contribution >= 4 is 65.6 Å². The van der Waals surface area contributed by atoms with Gasteiger partial charge in [-0.05, 0) is 61.2 Å². The number of para-hydroxylation sites is 1. The molecule has 3 aromatic heterocycles. The summed E-state index contributed by atoms with van der Waals surface area (Å²) in [6.45, 7) is 2.97. The molecular weight excluding hydrogens is 524 g/mol. The highest BCUT2D eigenvalue weighted by Crippen LogP contribution is 2.35. The Kier molecular flexibility index (Phi) is 6.91. The Hall–Kier alpha value is -2.37. The molecule has 1 amide bonds. The summed E-state index contributed by atoms with van der Waals surface area (Å²) < 4.78 is 29.1. The molecule has 182 valence electrons. The molecule has 0 N–H and O–H groups in total. The zero-order valence-electron chi connectivity index (χ0n) is 18.9. The van der Waals surface area contributed by atoms with Crippen LogP contribution in [0.15, 0.2) is 59.1 Å². The van der Waals surface area contributed by atoms with Gasteiger partial charge in [-0.1, -0.05) is 35.1 Å². The number of amides is 1. The maximum Gasteiger partial charge on any atom is 0.252 e. The molecule has 0 radical (unpaired) electrons. The van der Waals surface area contributed by atoms with Gasteiger partial charge in [0, 0.05) is 31.4 Å². The monoisotopic (exact) mass is 546 g/mol. The van der Waals surface area contributed by atoms with Crippen LogP contribution in [0.3, 0.4) is 0 Å². The average molecular weight is 547 g/mol. The molecule has 0 spiro atoms. The fourth-order valence-corrected chi connectivity index (χ4v) is 8.38. The topological polar surface area (TPSA) is 83.5 Å². The minimum atomic E-state index is -3.61. The van der Waals surface area contributed by atoms with E-state index in [2.05, 4.69) is 4.98 Å². The number of nitrogens with zero attached hydrogens (tertiary/aromatic N) is 4. The van der Waals surface area contributed by atoms with Crippen molar-refractivity contribution in [3.8, 4) is 0 Å². The van der Waals surface area contributed by atoms with Gasteiger partial charge in [-0.3, -0.25) is 14.7 Å². The number of sulfonamides is 1. The molecule has 4 heterocycles. The summed E-state index contributed by atoms with van der Waals surface area (Å²) in [7, 11) is -3.61. The number of hydrogen-bond acceptors (Lipinski definition) is 7. The van der Waals surface area contributed by atoms with E-state index in [4.69, 9.17) is 16.6 Å². The molecule has 11 heteroatoms. The Bertz CT molecular complexity index is 1460. The number of pyridine rings is 1. The number of benzene rings is 1. The first-order valence-corrected chi connectivity index (χ1v) is 14.6. The molecule has 0 atom stereocenters. The van der Waals surface area contributed by atoms with Gasteiger partial charge in [0.05, 0.1) is 21.1 Å². The van der Waals surface area contributed by atoms with Crippen LogP contribution < -0.4 is 4.90 Å². The van der Waals surface area contributed by atoms with Crippen molar-refractivity contribution in [2.24, 2.45) is 5.92 Å². The van der Waals surface area contributed by atoms with E-state index in [9.17, 15) is 13.2 Å². The van der Waals surface area contributed by atoms with Gasteiger partial charge >= 0.3 is 0 Å². The van der Waals surface area contributed by atoms with Gasteiger partial charge in [0.1, 0.15) is 4.21 Å². The molecule has 7 nitrogen and oxygen atoms in total. The Morgan fingerprint density at radius 3 is 2.51 bits per heavy atom. The molecule has 5 rings (SSSR count). The van der Waals surface area contributed by atoms with Crippen LogP contribution in [0.1, 0.15) is 24.0 Å². The van der Waals surface area contributed by atoms with E-state index in [1.54, 1.807) is 23.4 Å². The number of thiazole rings is 1. The summed E-state index contributed by atoms with van der Waals surface area (Å²) in [6.07, 6.45) is 4.32. The lowest BCUT2D eigenvalue weighted by Gasteiger charge is -2.32. The van der Waals surface area contributed by atoms with Gasteiger partial charge in [-0.15, -0.1) is 11.3 Å². The lowest BCUT2D eigenvalue weighted by molar-refractivity contribution is -0.123. The third kappa shape index (κ3) is 4.99. The van der Waals surface area contributed by atoms with E-state index in [0.717, 1.165) is 32.7 Å². The highest BCUT2D eigenvalue weighted by Gasteiger charge is 2.35. The maximum atomic E-state index is 13.8. The van der Waals surface area contributed by atoms with E-state index in [1.165, 1.54) is 21.7 Å². The van der Waals surface area contributed by atoms with Gasteiger partial charge < -0.3 is 0 Å². The molecule has 4 aromatic rings. The van der Waals surface area contributed by atoms with E-state index in [0.29, 0.717) is 28.9 Å². The Morgan fingerprint density at radius 2 is 1.86 bits per heavy atom. The first-order valence-electron chi connectivity index (χ1n) is 11.1. The Morgan fingerprint density at radius 1 is 1.11 bits per heavy atom. The fourth-order valence-electron chi connectivity index (χ4n) is 4.23. The van der Waals surface area contributed by atoms with Crippen LogP contribution in [0.5, 0.6) is 0 Å². The highest BCUT2D eigenvalue weighted by atomic mass is 35.5.